The van der Waals surface area contributed by atoms with Gasteiger partial charge in [0, 0.05) is 42.6 Å². The van der Waals surface area contributed by atoms with Crippen molar-refractivity contribution in [2.45, 2.75) is 38.0 Å². The van der Waals surface area contributed by atoms with E-state index in [9.17, 15) is 0 Å². The zero-order chi connectivity index (χ0) is 39.8. The van der Waals surface area contributed by atoms with Gasteiger partial charge < -0.3 is 4.90 Å². The van der Waals surface area contributed by atoms with Crippen LogP contribution < -0.4 is 4.90 Å². The van der Waals surface area contributed by atoms with Crippen molar-refractivity contribution in [1.29, 1.82) is 0 Å². The van der Waals surface area contributed by atoms with Crippen LogP contribution in [0.3, 0.4) is 0 Å². The van der Waals surface area contributed by atoms with Crippen molar-refractivity contribution in [1.82, 2.24) is 0 Å². The summed E-state index contributed by atoms with van der Waals surface area (Å²) in [6.07, 6.45) is 6.49. The number of rotatable bonds is 8. The minimum Gasteiger partial charge on any atom is -0.309 e. The Morgan fingerprint density at radius 3 is 1.62 bits per heavy atom. The van der Waals surface area contributed by atoms with Gasteiger partial charge in [-0.1, -0.05) is 195 Å². The molecule has 1 aromatic heterocycles. The number of anilines is 3. The minimum absolute atomic E-state index is 0.587. The van der Waals surface area contributed by atoms with Gasteiger partial charge in [0.15, 0.2) is 0 Å². The molecule has 11 rings (SSSR count). The lowest BCUT2D eigenvalue weighted by molar-refractivity contribution is 0.445. The molecule has 0 amide bonds. The standard InChI is InChI=1S/C58H45NS/c1-3-16-40(17-4-1)41-32-34-42(35-33-41)43-36-38-46(39-37-43)59(55-30-11-8-23-49(55)52-27-15-28-53-50-24-9-12-31-56(50)60-58(52)53)54-29-10-7-22-48(54)51-26-14-21-45-20-13-25-47(57(45)51)44-18-5-2-6-19-44/h1,3-4,7-17,20-39,44H,2,5-6,18-19H2. The van der Waals surface area contributed by atoms with Crippen molar-refractivity contribution in [2.75, 3.05) is 4.90 Å². The topological polar surface area (TPSA) is 3.24 Å². The molecular formula is C58H45NS. The predicted octanol–water partition coefficient (Wildman–Crippen LogP) is 17.4. The molecule has 1 heterocycles. The Balaban J connectivity index is 1.10. The third kappa shape index (κ3) is 6.58. The van der Waals surface area contributed by atoms with E-state index < -0.39 is 0 Å². The molecule has 2 heteroatoms. The molecule has 9 aromatic carbocycles. The average molecular weight is 788 g/mol. The Morgan fingerprint density at radius 2 is 0.900 bits per heavy atom. The Morgan fingerprint density at radius 1 is 0.383 bits per heavy atom. The molecule has 288 valence electrons. The van der Waals surface area contributed by atoms with Gasteiger partial charge in [0.1, 0.15) is 0 Å². The molecule has 1 aliphatic carbocycles. The number of benzene rings is 9. The van der Waals surface area contributed by atoms with Crippen molar-refractivity contribution in [3.63, 3.8) is 0 Å². The summed E-state index contributed by atoms with van der Waals surface area (Å²) in [6, 6.07) is 76.4. The summed E-state index contributed by atoms with van der Waals surface area (Å²) in [7, 11) is 0. The fraction of sp³-hybridized carbons (Fsp3) is 0.103. The van der Waals surface area contributed by atoms with E-state index in [1.165, 1.54) is 119 Å². The molecule has 10 aromatic rings. The number of hydrogen-bond donors (Lipinski definition) is 0. The van der Waals surface area contributed by atoms with Crippen LogP contribution in [-0.2, 0) is 0 Å². The second-order valence-electron chi connectivity index (χ2n) is 16.2. The highest BCUT2D eigenvalue weighted by atomic mass is 32.1. The Labute approximate surface area is 356 Å². The molecule has 1 saturated carbocycles. The molecule has 60 heavy (non-hydrogen) atoms. The number of fused-ring (bicyclic) bond motifs is 4. The lowest BCUT2D eigenvalue weighted by Crippen LogP contribution is -2.12. The van der Waals surface area contributed by atoms with Gasteiger partial charge in [0.2, 0.25) is 0 Å². The fourth-order valence-corrected chi connectivity index (χ4v) is 11.0. The van der Waals surface area contributed by atoms with Gasteiger partial charge in [0.25, 0.3) is 0 Å². The van der Waals surface area contributed by atoms with Crippen molar-refractivity contribution < 1.29 is 0 Å². The molecule has 1 aliphatic rings. The summed E-state index contributed by atoms with van der Waals surface area (Å²) in [5, 5.41) is 5.34. The molecule has 0 aliphatic heterocycles. The van der Waals surface area contributed by atoms with E-state index in [2.05, 4.69) is 211 Å². The van der Waals surface area contributed by atoms with E-state index in [0.717, 1.165) is 11.4 Å². The van der Waals surface area contributed by atoms with Crippen molar-refractivity contribution in [2.24, 2.45) is 0 Å². The average Bonchev–Trinajstić information content (AvgIpc) is 3.72. The Kier molecular flexibility index (Phi) is 9.56. The number of para-hydroxylation sites is 2. The van der Waals surface area contributed by atoms with Crippen LogP contribution in [0.15, 0.2) is 206 Å². The summed E-state index contributed by atoms with van der Waals surface area (Å²) >= 11 is 1.89. The first-order chi connectivity index (χ1) is 29.8. The van der Waals surface area contributed by atoms with Crippen LogP contribution in [0.4, 0.5) is 17.1 Å². The molecule has 0 N–H and O–H groups in total. The van der Waals surface area contributed by atoms with Gasteiger partial charge in [-0.3, -0.25) is 0 Å². The van der Waals surface area contributed by atoms with E-state index in [1.807, 2.05) is 11.3 Å². The molecule has 1 nitrogen and oxygen atoms in total. The van der Waals surface area contributed by atoms with E-state index in [4.69, 9.17) is 0 Å². The second-order valence-corrected chi connectivity index (χ2v) is 17.3. The lowest BCUT2D eigenvalue weighted by Gasteiger charge is -2.31. The maximum Gasteiger partial charge on any atom is 0.0540 e. The van der Waals surface area contributed by atoms with Crippen LogP contribution in [0.2, 0.25) is 0 Å². The number of nitrogens with zero attached hydrogens (tertiary/aromatic N) is 1. The van der Waals surface area contributed by atoms with Crippen molar-refractivity contribution in [3.05, 3.63) is 212 Å². The Bertz CT molecular complexity index is 3110. The first kappa shape index (κ1) is 36.3. The SMILES string of the molecule is c1ccc(-c2ccc(-c3ccc(N(c4ccccc4-c4cccc5c4sc4ccccc45)c4ccccc4-c4cccc5cccc(C6CCCCC6)c45)cc3)cc2)cc1. The first-order valence-electron chi connectivity index (χ1n) is 21.5. The third-order valence-corrected chi connectivity index (χ3v) is 13.9. The van der Waals surface area contributed by atoms with Crippen LogP contribution in [0.25, 0.3) is 75.5 Å². The molecule has 0 atom stereocenters. The van der Waals surface area contributed by atoms with Crippen LogP contribution in [0.1, 0.15) is 43.6 Å². The fourth-order valence-electron chi connectivity index (χ4n) is 9.80. The van der Waals surface area contributed by atoms with Gasteiger partial charge in [0.05, 0.1) is 11.4 Å². The van der Waals surface area contributed by atoms with Crippen LogP contribution in [0, 0.1) is 0 Å². The highest BCUT2D eigenvalue weighted by molar-refractivity contribution is 7.26. The molecule has 0 saturated heterocycles. The van der Waals surface area contributed by atoms with Gasteiger partial charge in [-0.2, -0.15) is 0 Å². The molecule has 0 bridgehead atoms. The molecule has 0 radical (unpaired) electrons. The smallest absolute Gasteiger partial charge is 0.0540 e. The summed E-state index contributed by atoms with van der Waals surface area (Å²) in [6.45, 7) is 0. The maximum atomic E-state index is 2.52. The third-order valence-electron chi connectivity index (χ3n) is 12.7. The summed E-state index contributed by atoms with van der Waals surface area (Å²) in [5.41, 5.74) is 14.8. The van der Waals surface area contributed by atoms with Gasteiger partial charge in [-0.05, 0) is 93.2 Å². The van der Waals surface area contributed by atoms with Gasteiger partial charge >= 0.3 is 0 Å². The summed E-state index contributed by atoms with van der Waals surface area (Å²) in [4.78, 5) is 2.52. The number of thiophene rings is 1. The number of hydrogen-bond acceptors (Lipinski definition) is 2. The highest BCUT2D eigenvalue weighted by Gasteiger charge is 2.25. The zero-order valence-corrected chi connectivity index (χ0v) is 34.4. The minimum atomic E-state index is 0.587. The summed E-state index contributed by atoms with van der Waals surface area (Å²) in [5.74, 6) is 0.587. The normalized spacial score (nSPS) is 13.3. The van der Waals surface area contributed by atoms with Crippen LogP contribution >= 0.6 is 11.3 Å². The van der Waals surface area contributed by atoms with E-state index in [0.29, 0.717) is 5.92 Å². The van der Waals surface area contributed by atoms with E-state index in [-0.39, 0.29) is 0 Å². The maximum absolute atomic E-state index is 2.52. The Hall–Kier alpha value is -6.74. The molecule has 0 spiro atoms. The highest BCUT2D eigenvalue weighted by Crippen LogP contribution is 2.49. The quantitative estimate of drug-likeness (QED) is 0.148. The summed E-state index contributed by atoms with van der Waals surface area (Å²) < 4.78 is 2.64. The monoisotopic (exact) mass is 787 g/mol. The van der Waals surface area contributed by atoms with E-state index in [1.54, 1.807) is 0 Å². The molecule has 1 fully saturated rings. The van der Waals surface area contributed by atoms with Crippen LogP contribution in [-0.4, -0.2) is 0 Å². The van der Waals surface area contributed by atoms with Gasteiger partial charge in [-0.25, -0.2) is 0 Å². The van der Waals surface area contributed by atoms with Crippen molar-refractivity contribution >= 4 is 59.3 Å². The molecule has 0 unspecified atom stereocenters. The van der Waals surface area contributed by atoms with Crippen LogP contribution in [0.5, 0.6) is 0 Å². The zero-order valence-electron chi connectivity index (χ0n) is 33.6. The molecular weight excluding hydrogens is 743 g/mol. The predicted molar refractivity (Wildman–Crippen MR) is 259 cm³/mol. The second kappa shape index (κ2) is 15.8. The van der Waals surface area contributed by atoms with E-state index >= 15 is 0 Å². The van der Waals surface area contributed by atoms with Gasteiger partial charge in [-0.15, -0.1) is 11.3 Å². The largest absolute Gasteiger partial charge is 0.309 e. The van der Waals surface area contributed by atoms with Crippen molar-refractivity contribution in [3.8, 4) is 44.5 Å². The lowest BCUT2D eigenvalue weighted by atomic mass is 9.80. The first-order valence-corrected chi connectivity index (χ1v) is 22.3.